The first-order valence-corrected chi connectivity index (χ1v) is 7.21. The second kappa shape index (κ2) is 4.92. The predicted octanol–water partition coefficient (Wildman–Crippen LogP) is 4.41. The molecular weight excluding hydrogens is 226 g/mol. The highest BCUT2D eigenvalue weighted by molar-refractivity contribution is 7.14. The highest BCUT2D eigenvalue weighted by Gasteiger charge is 2.16. The number of nitrogens with zero attached hydrogens (tertiary/aromatic N) is 1. The van der Waals surface area contributed by atoms with Gasteiger partial charge in [0.2, 0.25) is 0 Å². The van der Waals surface area contributed by atoms with E-state index in [0.717, 1.165) is 0 Å². The van der Waals surface area contributed by atoms with Gasteiger partial charge in [-0.25, -0.2) is 0 Å². The zero-order valence-electron chi connectivity index (χ0n) is 9.93. The summed E-state index contributed by atoms with van der Waals surface area (Å²) in [6.07, 6.45) is 4.07. The lowest BCUT2D eigenvalue weighted by molar-refractivity contribution is 0.581. The van der Waals surface area contributed by atoms with Crippen molar-refractivity contribution in [3.8, 4) is 11.1 Å². The molecule has 0 aliphatic carbocycles. The molecule has 1 aliphatic rings. The third-order valence-electron chi connectivity index (χ3n) is 3.37. The number of thiophene rings is 1. The Morgan fingerprint density at radius 2 is 1.65 bits per heavy atom. The second-order valence-corrected chi connectivity index (χ2v) is 5.45. The minimum atomic E-state index is 1.22. The molecule has 88 valence electrons. The van der Waals surface area contributed by atoms with Gasteiger partial charge in [-0.1, -0.05) is 30.3 Å². The Kier molecular flexibility index (Phi) is 3.14. The third-order valence-corrected chi connectivity index (χ3v) is 4.35. The van der Waals surface area contributed by atoms with Crippen molar-refractivity contribution in [1.82, 2.24) is 0 Å². The van der Waals surface area contributed by atoms with E-state index >= 15 is 0 Å². The van der Waals surface area contributed by atoms with Crippen molar-refractivity contribution in [2.45, 2.75) is 19.3 Å². The number of hydrogen-bond donors (Lipinski definition) is 0. The third kappa shape index (κ3) is 2.22. The lowest BCUT2D eigenvalue weighted by Gasteiger charge is -2.28. The SMILES string of the molecule is c1ccc(-c2ccsc2N2CCCCC2)cc1. The molecule has 0 saturated carbocycles. The minimum Gasteiger partial charge on any atom is -0.363 e. The lowest BCUT2D eigenvalue weighted by atomic mass is 10.1. The van der Waals surface area contributed by atoms with Crippen LogP contribution in [0, 0.1) is 0 Å². The van der Waals surface area contributed by atoms with Crippen LogP contribution in [0.4, 0.5) is 5.00 Å². The van der Waals surface area contributed by atoms with E-state index in [-0.39, 0.29) is 0 Å². The maximum absolute atomic E-state index is 2.55. The molecule has 2 heterocycles. The fourth-order valence-electron chi connectivity index (χ4n) is 2.48. The topological polar surface area (TPSA) is 3.24 Å². The Morgan fingerprint density at radius 3 is 2.41 bits per heavy atom. The molecule has 0 amide bonds. The van der Waals surface area contributed by atoms with E-state index in [1.165, 1.54) is 48.5 Å². The summed E-state index contributed by atoms with van der Waals surface area (Å²) in [7, 11) is 0. The van der Waals surface area contributed by atoms with Crippen LogP contribution in [0.25, 0.3) is 11.1 Å². The fourth-order valence-corrected chi connectivity index (χ4v) is 3.46. The highest BCUT2D eigenvalue weighted by atomic mass is 32.1. The Bertz CT molecular complexity index is 469. The molecule has 2 heteroatoms. The van der Waals surface area contributed by atoms with Gasteiger partial charge in [0.25, 0.3) is 0 Å². The van der Waals surface area contributed by atoms with Gasteiger partial charge in [0.15, 0.2) is 0 Å². The number of rotatable bonds is 2. The Balaban J connectivity index is 1.93. The zero-order chi connectivity index (χ0) is 11.5. The maximum atomic E-state index is 2.55. The fraction of sp³-hybridized carbons (Fsp3) is 0.333. The quantitative estimate of drug-likeness (QED) is 0.755. The summed E-state index contributed by atoms with van der Waals surface area (Å²) in [5.41, 5.74) is 2.74. The molecule has 0 unspecified atom stereocenters. The van der Waals surface area contributed by atoms with Gasteiger partial charge in [-0.15, -0.1) is 11.3 Å². The van der Waals surface area contributed by atoms with Crippen LogP contribution in [-0.4, -0.2) is 13.1 Å². The van der Waals surface area contributed by atoms with E-state index in [0.29, 0.717) is 0 Å². The van der Waals surface area contributed by atoms with Gasteiger partial charge < -0.3 is 4.90 Å². The molecule has 0 N–H and O–H groups in total. The predicted molar refractivity (Wildman–Crippen MR) is 75.8 cm³/mol. The van der Waals surface area contributed by atoms with Gasteiger partial charge in [-0.2, -0.15) is 0 Å². The first-order chi connectivity index (χ1) is 8.45. The molecule has 1 aromatic heterocycles. The summed E-state index contributed by atoms with van der Waals surface area (Å²) < 4.78 is 0. The van der Waals surface area contributed by atoms with Crippen LogP contribution in [0.15, 0.2) is 41.8 Å². The second-order valence-electron chi connectivity index (χ2n) is 4.55. The lowest BCUT2D eigenvalue weighted by Crippen LogP contribution is -2.28. The van der Waals surface area contributed by atoms with Crippen LogP contribution in [0.5, 0.6) is 0 Å². The van der Waals surface area contributed by atoms with E-state index in [1.807, 2.05) is 11.3 Å². The maximum Gasteiger partial charge on any atom is 0.0988 e. The van der Waals surface area contributed by atoms with Crippen molar-refractivity contribution in [1.29, 1.82) is 0 Å². The molecule has 0 atom stereocenters. The van der Waals surface area contributed by atoms with Crippen LogP contribution in [0.2, 0.25) is 0 Å². The van der Waals surface area contributed by atoms with E-state index < -0.39 is 0 Å². The van der Waals surface area contributed by atoms with Crippen LogP contribution >= 0.6 is 11.3 Å². The average Bonchev–Trinajstić information content (AvgIpc) is 2.90. The molecule has 1 nitrogen and oxygen atoms in total. The van der Waals surface area contributed by atoms with E-state index in [9.17, 15) is 0 Å². The molecule has 1 aliphatic heterocycles. The van der Waals surface area contributed by atoms with Crippen molar-refractivity contribution in [2.24, 2.45) is 0 Å². The summed E-state index contributed by atoms with van der Waals surface area (Å²) in [6, 6.07) is 13.0. The van der Waals surface area contributed by atoms with Gasteiger partial charge in [0.1, 0.15) is 0 Å². The minimum absolute atomic E-state index is 1.22. The van der Waals surface area contributed by atoms with E-state index in [1.54, 1.807) is 0 Å². The summed E-state index contributed by atoms with van der Waals surface area (Å²) in [5, 5.41) is 3.67. The number of anilines is 1. The van der Waals surface area contributed by atoms with E-state index in [2.05, 4.69) is 46.7 Å². The Morgan fingerprint density at radius 1 is 0.882 bits per heavy atom. The molecule has 0 spiro atoms. The number of hydrogen-bond acceptors (Lipinski definition) is 2. The van der Waals surface area contributed by atoms with Crippen LogP contribution in [-0.2, 0) is 0 Å². The normalized spacial score (nSPS) is 16.1. The molecule has 0 bridgehead atoms. The molecule has 2 aromatic rings. The summed E-state index contributed by atoms with van der Waals surface area (Å²) in [6.45, 7) is 2.45. The Hall–Kier alpha value is -1.28. The van der Waals surface area contributed by atoms with Crippen molar-refractivity contribution < 1.29 is 0 Å². The largest absolute Gasteiger partial charge is 0.363 e. The molecular formula is C15H17NS. The Labute approximate surface area is 107 Å². The summed E-state index contributed by atoms with van der Waals surface area (Å²) >= 11 is 1.88. The van der Waals surface area contributed by atoms with Crippen molar-refractivity contribution >= 4 is 16.3 Å². The van der Waals surface area contributed by atoms with Crippen molar-refractivity contribution in [3.05, 3.63) is 41.8 Å². The first kappa shape index (κ1) is 10.8. The zero-order valence-corrected chi connectivity index (χ0v) is 10.7. The first-order valence-electron chi connectivity index (χ1n) is 6.33. The molecule has 0 radical (unpaired) electrons. The molecule has 17 heavy (non-hydrogen) atoms. The van der Waals surface area contributed by atoms with Crippen LogP contribution in [0.1, 0.15) is 19.3 Å². The number of benzene rings is 1. The van der Waals surface area contributed by atoms with Crippen LogP contribution in [0.3, 0.4) is 0 Å². The molecule has 1 aromatic carbocycles. The molecule has 1 fully saturated rings. The monoisotopic (exact) mass is 243 g/mol. The van der Waals surface area contributed by atoms with Crippen LogP contribution < -0.4 is 4.90 Å². The molecule has 1 saturated heterocycles. The average molecular weight is 243 g/mol. The van der Waals surface area contributed by atoms with Gasteiger partial charge in [-0.05, 0) is 36.3 Å². The van der Waals surface area contributed by atoms with Crippen molar-refractivity contribution in [3.63, 3.8) is 0 Å². The number of piperidine rings is 1. The van der Waals surface area contributed by atoms with Gasteiger partial charge in [-0.3, -0.25) is 0 Å². The van der Waals surface area contributed by atoms with Gasteiger partial charge in [0, 0.05) is 18.7 Å². The smallest absolute Gasteiger partial charge is 0.0988 e. The standard InChI is InChI=1S/C15H17NS/c1-3-7-13(8-4-1)14-9-12-17-15(14)16-10-5-2-6-11-16/h1,3-4,7-9,12H,2,5-6,10-11H2. The van der Waals surface area contributed by atoms with Crippen molar-refractivity contribution in [2.75, 3.05) is 18.0 Å². The van der Waals surface area contributed by atoms with E-state index in [4.69, 9.17) is 0 Å². The molecule has 3 rings (SSSR count). The highest BCUT2D eigenvalue weighted by Crippen LogP contribution is 2.37. The summed E-state index contributed by atoms with van der Waals surface area (Å²) in [5.74, 6) is 0. The van der Waals surface area contributed by atoms with Gasteiger partial charge >= 0.3 is 0 Å². The summed E-state index contributed by atoms with van der Waals surface area (Å²) in [4.78, 5) is 2.55. The van der Waals surface area contributed by atoms with Gasteiger partial charge in [0.05, 0.1) is 5.00 Å².